The van der Waals surface area contributed by atoms with Crippen LogP contribution in [-0.2, 0) is 0 Å². The van der Waals surface area contributed by atoms with Gasteiger partial charge in [0, 0.05) is 5.56 Å². The highest BCUT2D eigenvalue weighted by Crippen LogP contribution is 2.14. The molecule has 14 heavy (non-hydrogen) atoms. The molecule has 1 heterocycles. The van der Waals surface area contributed by atoms with Gasteiger partial charge in [0.15, 0.2) is 11.6 Å². The van der Waals surface area contributed by atoms with Crippen molar-refractivity contribution in [2.45, 2.75) is 6.92 Å². The summed E-state index contributed by atoms with van der Waals surface area (Å²) >= 11 is 0. The highest BCUT2D eigenvalue weighted by atomic mass is 19.1. The Kier molecular flexibility index (Phi) is 2.23. The number of hydrogen-bond donors (Lipinski definition) is 0. The topological polar surface area (TPSA) is 25.8 Å². The van der Waals surface area contributed by atoms with Crippen molar-refractivity contribution in [2.24, 2.45) is 0 Å². The lowest BCUT2D eigenvalue weighted by atomic mass is 10.2. The van der Waals surface area contributed by atoms with Crippen LogP contribution >= 0.6 is 0 Å². The minimum Gasteiger partial charge on any atom is -0.233 e. The quantitative estimate of drug-likeness (QED) is 0.687. The van der Waals surface area contributed by atoms with E-state index < -0.39 is 0 Å². The second kappa shape index (κ2) is 3.54. The zero-order chi connectivity index (χ0) is 9.97. The SMILES string of the molecule is Cc1nc(-c2ccccc2)ncc1F. The molecule has 2 rings (SSSR count). The van der Waals surface area contributed by atoms with Crippen LogP contribution in [0.1, 0.15) is 5.69 Å². The fraction of sp³-hybridized carbons (Fsp3) is 0.0909. The molecule has 0 amide bonds. The largest absolute Gasteiger partial charge is 0.233 e. The molecular weight excluding hydrogens is 179 g/mol. The Morgan fingerprint density at radius 1 is 1.14 bits per heavy atom. The van der Waals surface area contributed by atoms with Crippen LogP contribution in [0.15, 0.2) is 36.5 Å². The molecule has 0 aliphatic heterocycles. The molecule has 0 spiro atoms. The fourth-order valence-electron chi connectivity index (χ4n) is 1.18. The van der Waals surface area contributed by atoms with Gasteiger partial charge < -0.3 is 0 Å². The molecule has 0 saturated heterocycles. The van der Waals surface area contributed by atoms with Gasteiger partial charge in [0.2, 0.25) is 0 Å². The van der Waals surface area contributed by atoms with E-state index in [1.807, 2.05) is 30.3 Å². The first-order chi connectivity index (χ1) is 6.77. The first kappa shape index (κ1) is 8.81. The van der Waals surface area contributed by atoms with Gasteiger partial charge in [-0.25, -0.2) is 14.4 Å². The summed E-state index contributed by atoms with van der Waals surface area (Å²) in [5, 5.41) is 0. The molecule has 0 bridgehead atoms. The van der Waals surface area contributed by atoms with Gasteiger partial charge in [-0.3, -0.25) is 0 Å². The molecule has 0 aliphatic carbocycles. The highest BCUT2D eigenvalue weighted by Gasteiger charge is 2.03. The normalized spacial score (nSPS) is 10.1. The lowest BCUT2D eigenvalue weighted by Crippen LogP contribution is -1.94. The first-order valence-electron chi connectivity index (χ1n) is 4.32. The van der Waals surface area contributed by atoms with E-state index in [-0.39, 0.29) is 5.82 Å². The van der Waals surface area contributed by atoms with E-state index in [9.17, 15) is 4.39 Å². The minimum atomic E-state index is -0.371. The van der Waals surface area contributed by atoms with Crippen molar-refractivity contribution in [1.29, 1.82) is 0 Å². The number of rotatable bonds is 1. The Morgan fingerprint density at radius 2 is 1.86 bits per heavy atom. The van der Waals surface area contributed by atoms with Crippen molar-refractivity contribution < 1.29 is 4.39 Å². The van der Waals surface area contributed by atoms with Gasteiger partial charge in [0.05, 0.1) is 11.9 Å². The summed E-state index contributed by atoms with van der Waals surface area (Å²) in [7, 11) is 0. The monoisotopic (exact) mass is 188 g/mol. The van der Waals surface area contributed by atoms with Crippen molar-refractivity contribution in [3.05, 3.63) is 48.0 Å². The zero-order valence-corrected chi connectivity index (χ0v) is 7.74. The molecule has 3 heteroatoms. The van der Waals surface area contributed by atoms with Crippen LogP contribution in [0.3, 0.4) is 0 Å². The van der Waals surface area contributed by atoms with Crippen molar-refractivity contribution in [3.63, 3.8) is 0 Å². The summed E-state index contributed by atoms with van der Waals surface area (Å²) in [5.41, 5.74) is 1.27. The third kappa shape index (κ3) is 1.62. The second-order valence-electron chi connectivity index (χ2n) is 2.99. The molecule has 0 atom stereocenters. The average molecular weight is 188 g/mol. The van der Waals surface area contributed by atoms with Gasteiger partial charge in [0.25, 0.3) is 0 Å². The molecule has 0 saturated carbocycles. The molecule has 2 aromatic rings. The predicted molar refractivity (Wildman–Crippen MR) is 52.2 cm³/mol. The number of nitrogens with zero attached hydrogens (tertiary/aromatic N) is 2. The third-order valence-corrected chi connectivity index (χ3v) is 1.95. The van der Waals surface area contributed by atoms with E-state index >= 15 is 0 Å². The number of halogens is 1. The maximum Gasteiger partial charge on any atom is 0.162 e. The van der Waals surface area contributed by atoms with Crippen molar-refractivity contribution in [2.75, 3.05) is 0 Å². The van der Waals surface area contributed by atoms with Crippen LogP contribution in [0.2, 0.25) is 0 Å². The highest BCUT2D eigenvalue weighted by molar-refractivity contribution is 5.54. The van der Waals surface area contributed by atoms with Gasteiger partial charge in [-0.1, -0.05) is 30.3 Å². The molecule has 0 radical (unpaired) electrons. The van der Waals surface area contributed by atoms with E-state index in [1.54, 1.807) is 6.92 Å². The maximum atomic E-state index is 12.9. The van der Waals surface area contributed by atoms with Crippen LogP contribution in [-0.4, -0.2) is 9.97 Å². The van der Waals surface area contributed by atoms with Gasteiger partial charge in [-0.2, -0.15) is 0 Å². The molecule has 0 unspecified atom stereocenters. The molecule has 0 fully saturated rings. The number of benzene rings is 1. The first-order valence-corrected chi connectivity index (χ1v) is 4.32. The number of aromatic nitrogens is 2. The van der Waals surface area contributed by atoms with Crippen molar-refractivity contribution in [1.82, 2.24) is 9.97 Å². The number of hydrogen-bond acceptors (Lipinski definition) is 2. The summed E-state index contributed by atoms with van der Waals surface area (Å²) in [4.78, 5) is 7.98. The Morgan fingerprint density at radius 3 is 2.50 bits per heavy atom. The lowest BCUT2D eigenvalue weighted by Gasteiger charge is -2.00. The fourth-order valence-corrected chi connectivity index (χ4v) is 1.18. The van der Waals surface area contributed by atoms with Gasteiger partial charge >= 0.3 is 0 Å². The Balaban J connectivity index is 2.48. The molecule has 0 aliphatic rings. The molecule has 1 aromatic heterocycles. The molecule has 1 aromatic carbocycles. The summed E-state index contributed by atoms with van der Waals surface area (Å²) in [6, 6.07) is 9.51. The third-order valence-electron chi connectivity index (χ3n) is 1.95. The van der Waals surface area contributed by atoms with Crippen LogP contribution in [0.4, 0.5) is 4.39 Å². The summed E-state index contributed by atoms with van der Waals surface area (Å²) in [5.74, 6) is 0.189. The van der Waals surface area contributed by atoms with Crippen LogP contribution in [0.25, 0.3) is 11.4 Å². The molecule has 70 valence electrons. The Labute approximate surface area is 81.5 Å². The van der Waals surface area contributed by atoms with E-state index in [0.29, 0.717) is 11.5 Å². The molecule has 0 N–H and O–H groups in total. The second-order valence-corrected chi connectivity index (χ2v) is 2.99. The summed E-state index contributed by atoms with van der Waals surface area (Å²) in [6.45, 7) is 1.63. The van der Waals surface area contributed by atoms with Crippen molar-refractivity contribution in [3.8, 4) is 11.4 Å². The summed E-state index contributed by atoms with van der Waals surface area (Å²) < 4.78 is 12.9. The van der Waals surface area contributed by atoms with E-state index in [2.05, 4.69) is 9.97 Å². The van der Waals surface area contributed by atoms with Crippen LogP contribution in [0, 0.1) is 12.7 Å². The van der Waals surface area contributed by atoms with E-state index in [4.69, 9.17) is 0 Å². The molecular formula is C11H9FN2. The standard InChI is InChI=1S/C11H9FN2/c1-8-10(12)7-13-11(14-8)9-5-3-2-4-6-9/h2-7H,1H3. The van der Waals surface area contributed by atoms with Gasteiger partial charge in [-0.05, 0) is 6.92 Å². The Hall–Kier alpha value is -1.77. The lowest BCUT2D eigenvalue weighted by molar-refractivity contribution is 0.602. The van der Waals surface area contributed by atoms with Crippen LogP contribution in [0.5, 0.6) is 0 Å². The van der Waals surface area contributed by atoms with Crippen LogP contribution < -0.4 is 0 Å². The predicted octanol–water partition coefficient (Wildman–Crippen LogP) is 2.59. The summed E-state index contributed by atoms with van der Waals surface area (Å²) in [6.07, 6.45) is 1.20. The minimum absolute atomic E-state index is 0.371. The maximum absolute atomic E-state index is 12.9. The smallest absolute Gasteiger partial charge is 0.162 e. The van der Waals surface area contributed by atoms with Gasteiger partial charge in [0.1, 0.15) is 0 Å². The average Bonchev–Trinajstić information content (AvgIpc) is 2.23. The van der Waals surface area contributed by atoms with Gasteiger partial charge in [-0.15, -0.1) is 0 Å². The number of aryl methyl sites for hydroxylation is 1. The van der Waals surface area contributed by atoms with E-state index in [0.717, 1.165) is 5.56 Å². The zero-order valence-electron chi connectivity index (χ0n) is 7.74. The Bertz CT molecular complexity index is 440. The molecule has 2 nitrogen and oxygen atoms in total. The van der Waals surface area contributed by atoms with Crippen molar-refractivity contribution >= 4 is 0 Å². The van der Waals surface area contributed by atoms with E-state index in [1.165, 1.54) is 6.20 Å².